The zero-order chi connectivity index (χ0) is 9.26. The smallest absolute Gasteiger partial charge is 0.222 e. The first-order valence-electron chi connectivity index (χ1n) is 5.30. The summed E-state index contributed by atoms with van der Waals surface area (Å²) in [4.78, 5) is 13.6. The van der Waals surface area contributed by atoms with E-state index in [1.165, 1.54) is 0 Å². The van der Waals surface area contributed by atoms with Crippen LogP contribution in [0.2, 0.25) is 0 Å². The molecule has 0 aromatic heterocycles. The predicted molar refractivity (Wildman–Crippen MR) is 51.4 cm³/mol. The molecular weight excluding hydrogens is 164 g/mol. The van der Waals surface area contributed by atoms with Crippen molar-refractivity contribution in [3.8, 4) is 0 Å². The highest BCUT2D eigenvalue weighted by molar-refractivity contribution is 5.78. The van der Waals surface area contributed by atoms with Crippen molar-refractivity contribution < 1.29 is 4.79 Å². The summed E-state index contributed by atoms with van der Waals surface area (Å²) in [5, 5.41) is 3.41. The molecule has 2 rings (SSSR count). The maximum Gasteiger partial charge on any atom is 0.222 e. The number of nitrogens with one attached hydrogen (secondary N) is 1. The molecule has 3 nitrogen and oxygen atoms in total. The Balaban J connectivity index is 1.95. The highest BCUT2D eigenvalue weighted by atomic mass is 16.2. The van der Waals surface area contributed by atoms with Gasteiger partial charge in [0, 0.05) is 25.0 Å². The third kappa shape index (κ3) is 1.85. The summed E-state index contributed by atoms with van der Waals surface area (Å²) in [7, 11) is 0. The van der Waals surface area contributed by atoms with Crippen molar-refractivity contribution in [3.05, 3.63) is 0 Å². The van der Waals surface area contributed by atoms with Crippen molar-refractivity contribution in [2.24, 2.45) is 0 Å². The predicted octanol–water partition coefficient (Wildman–Crippen LogP) is 0.749. The molecule has 0 saturated carbocycles. The lowest BCUT2D eigenvalue weighted by Gasteiger charge is -2.34. The van der Waals surface area contributed by atoms with E-state index in [0.717, 1.165) is 38.8 Å². The van der Waals surface area contributed by atoms with E-state index in [4.69, 9.17) is 0 Å². The number of carbonyl (C=O) groups is 1. The zero-order valence-electron chi connectivity index (χ0n) is 8.25. The van der Waals surface area contributed by atoms with E-state index in [0.29, 0.717) is 18.0 Å². The van der Waals surface area contributed by atoms with Gasteiger partial charge in [0.25, 0.3) is 0 Å². The van der Waals surface area contributed by atoms with Crippen LogP contribution >= 0.6 is 0 Å². The fraction of sp³-hybridized carbons (Fsp3) is 0.900. The minimum atomic E-state index is 0.374. The molecule has 0 bridgehead atoms. The van der Waals surface area contributed by atoms with Crippen molar-refractivity contribution in [2.75, 3.05) is 13.1 Å². The van der Waals surface area contributed by atoms with Crippen molar-refractivity contribution in [2.45, 2.75) is 44.7 Å². The van der Waals surface area contributed by atoms with Gasteiger partial charge in [-0.1, -0.05) is 0 Å². The highest BCUT2D eigenvalue weighted by Crippen LogP contribution is 2.21. The molecule has 1 N–H and O–H groups in total. The highest BCUT2D eigenvalue weighted by Gasteiger charge is 2.30. The van der Waals surface area contributed by atoms with E-state index in [9.17, 15) is 4.79 Å². The van der Waals surface area contributed by atoms with E-state index in [1.54, 1.807) is 0 Å². The van der Waals surface area contributed by atoms with Crippen LogP contribution in [0.1, 0.15) is 32.6 Å². The van der Waals surface area contributed by atoms with E-state index in [-0.39, 0.29) is 0 Å². The molecule has 2 unspecified atom stereocenters. The minimum Gasteiger partial charge on any atom is -0.340 e. The summed E-state index contributed by atoms with van der Waals surface area (Å²) in [6.07, 6.45) is 4.11. The Kier molecular flexibility index (Phi) is 2.54. The van der Waals surface area contributed by atoms with Crippen LogP contribution in [-0.2, 0) is 4.79 Å². The molecule has 2 heterocycles. The van der Waals surface area contributed by atoms with E-state index in [1.807, 2.05) is 0 Å². The molecule has 2 saturated heterocycles. The van der Waals surface area contributed by atoms with Gasteiger partial charge in [-0.05, 0) is 32.7 Å². The second-order valence-electron chi connectivity index (χ2n) is 4.22. The Morgan fingerprint density at radius 1 is 1.54 bits per heavy atom. The van der Waals surface area contributed by atoms with Crippen LogP contribution in [-0.4, -0.2) is 36.0 Å². The van der Waals surface area contributed by atoms with Gasteiger partial charge < -0.3 is 10.2 Å². The topological polar surface area (TPSA) is 32.3 Å². The summed E-state index contributed by atoms with van der Waals surface area (Å²) in [5.74, 6) is 0.374. The second-order valence-corrected chi connectivity index (χ2v) is 4.22. The van der Waals surface area contributed by atoms with Gasteiger partial charge in [0.1, 0.15) is 0 Å². The molecule has 1 amide bonds. The fourth-order valence-corrected chi connectivity index (χ4v) is 2.44. The van der Waals surface area contributed by atoms with E-state index in [2.05, 4.69) is 17.1 Å². The quantitative estimate of drug-likeness (QED) is 0.649. The summed E-state index contributed by atoms with van der Waals surface area (Å²) in [6, 6.07) is 1.10. The average Bonchev–Trinajstić information content (AvgIpc) is 2.51. The average molecular weight is 182 g/mol. The van der Waals surface area contributed by atoms with Gasteiger partial charge in [-0.25, -0.2) is 0 Å². The molecule has 0 radical (unpaired) electrons. The molecule has 2 atom stereocenters. The van der Waals surface area contributed by atoms with Crippen LogP contribution in [0.15, 0.2) is 0 Å². The van der Waals surface area contributed by atoms with Gasteiger partial charge in [0.2, 0.25) is 5.91 Å². The van der Waals surface area contributed by atoms with Gasteiger partial charge >= 0.3 is 0 Å². The van der Waals surface area contributed by atoms with Crippen LogP contribution in [0.5, 0.6) is 0 Å². The van der Waals surface area contributed by atoms with E-state index < -0.39 is 0 Å². The fourth-order valence-electron chi connectivity index (χ4n) is 2.44. The molecule has 0 aliphatic carbocycles. The largest absolute Gasteiger partial charge is 0.340 e. The molecule has 0 aromatic carbocycles. The molecule has 2 fully saturated rings. The van der Waals surface area contributed by atoms with Crippen LogP contribution in [0, 0.1) is 0 Å². The minimum absolute atomic E-state index is 0.374. The summed E-state index contributed by atoms with van der Waals surface area (Å²) in [5.41, 5.74) is 0. The number of likely N-dealkylation sites (tertiary alicyclic amines) is 1. The maximum atomic E-state index is 11.5. The summed E-state index contributed by atoms with van der Waals surface area (Å²) >= 11 is 0. The van der Waals surface area contributed by atoms with Crippen LogP contribution in [0.4, 0.5) is 0 Å². The Bertz CT molecular complexity index is 205. The lowest BCUT2D eigenvalue weighted by atomic mass is 9.99. The molecule has 13 heavy (non-hydrogen) atoms. The Morgan fingerprint density at radius 3 is 3.00 bits per heavy atom. The number of rotatable bonds is 1. The molecule has 2 aliphatic heterocycles. The third-order valence-electron chi connectivity index (χ3n) is 3.15. The van der Waals surface area contributed by atoms with Crippen molar-refractivity contribution in [3.63, 3.8) is 0 Å². The normalized spacial score (nSPS) is 35.5. The SMILES string of the molecule is CC1CC(N2CCCC2=O)CCN1. The first kappa shape index (κ1) is 9.00. The summed E-state index contributed by atoms with van der Waals surface area (Å²) < 4.78 is 0. The molecule has 74 valence electrons. The number of carbonyl (C=O) groups excluding carboxylic acids is 1. The molecular formula is C10H18N2O. The van der Waals surface area contributed by atoms with Crippen molar-refractivity contribution >= 4 is 5.91 Å². The van der Waals surface area contributed by atoms with Crippen LogP contribution < -0.4 is 5.32 Å². The van der Waals surface area contributed by atoms with Crippen molar-refractivity contribution in [1.82, 2.24) is 10.2 Å². The molecule has 0 aromatic rings. The Morgan fingerprint density at radius 2 is 2.38 bits per heavy atom. The molecule has 3 heteroatoms. The first-order chi connectivity index (χ1) is 6.27. The van der Waals surface area contributed by atoms with Gasteiger partial charge in [0.15, 0.2) is 0 Å². The second kappa shape index (κ2) is 3.66. The lowest BCUT2D eigenvalue weighted by Crippen LogP contribution is -2.47. The van der Waals surface area contributed by atoms with Gasteiger partial charge in [-0.3, -0.25) is 4.79 Å². The van der Waals surface area contributed by atoms with Gasteiger partial charge in [0.05, 0.1) is 0 Å². The van der Waals surface area contributed by atoms with E-state index >= 15 is 0 Å². The van der Waals surface area contributed by atoms with Crippen LogP contribution in [0.25, 0.3) is 0 Å². The Hall–Kier alpha value is -0.570. The number of hydrogen-bond acceptors (Lipinski definition) is 2. The lowest BCUT2D eigenvalue weighted by molar-refractivity contribution is -0.130. The molecule has 2 aliphatic rings. The number of nitrogens with zero attached hydrogens (tertiary/aromatic N) is 1. The first-order valence-corrected chi connectivity index (χ1v) is 5.30. The number of piperidine rings is 1. The third-order valence-corrected chi connectivity index (χ3v) is 3.15. The zero-order valence-corrected chi connectivity index (χ0v) is 8.25. The Labute approximate surface area is 79.5 Å². The number of amides is 1. The monoisotopic (exact) mass is 182 g/mol. The van der Waals surface area contributed by atoms with Gasteiger partial charge in [-0.15, -0.1) is 0 Å². The number of hydrogen-bond donors (Lipinski definition) is 1. The van der Waals surface area contributed by atoms with Gasteiger partial charge in [-0.2, -0.15) is 0 Å². The summed E-state index contributed by atoms with van der Waals surface area (Å²) in [6.45, 7) is 4.26. The van der Waals surface area contributed by atoms with Crippen molar-refractivity contribution in [1.29, 1.82) is 0 Å². The standard InChI is InChI=1S/C10H18N2O/c1-8-7-9(4-5-11-8)12-6-2-3-10(12)13/h8-9,11H,2-7H2,1H3. The van der Waals surface area contributed by atoms with Crippen LogP contribution in [0.3, 0.4) is 0 Å². The maximum absolute atomic E-state index is 11.5. The molecule has 0 spiro atoms.